The van der Waals surface area contributed by atoms with Crippen molar-refractivity contribution in [2.45, 2.75) is 6.54 Å². The van der Waals surface area contributed by atoms with Crippen LogP contribution < -0.4 is 14.8 Å². The second-order valence-corrected chi connectivity index (χ2v) is 3.97. The molecule has 1 heterocycles. The Bertz CT molecular complexity index is 558. The standard InChI is InChI=1S/C14H17N3O2/c1-15-9-10-8-11(18-2)4-5-12(10)13-14(19-3)17-7-6-16-13/h4-8,15H,9H2,1-3H3. The second-order valence-electron chi connectivity index (χ2n) is 3.97. The van der Waals surface area contributed by atoms with Crippen LogP contribution >= 0.6 is 0 Å². The van der Waals surface area contributed by atoms with Gasteiger partial charge >= 0.3 is 0 Å². The van der Waals surface area contributed by atoms with Crippen molar-refractivity contribution in [3.8, 4) is 22.9 Å². The van der Waals surface area contributed by atoms with Crippen LogP contribution in [0.25, 0.3) is 11.3 Å². The van der Waals surface area contributed by atoms with E-state index in [0.717, 1.165) is 22.6 Å². The van der Waals surface area contributed by atoms with Gasteiger partial charge in [0, 0.05) is 24.5 Å². The van der Waals surface area contributed by atoms with Crippen molar-refractivity contribution in [2.75, 3.05) is 21.3 Å². The van der Waals surface area contributed by atoms with Gasteiger partial charge in [0.05, 0.1) is 14.2 Å². The van der Waals surface area contributed by atoms with Crippen molar-refractivity contribution in [3.05, 3.63) is 36.2 Å². The predicted octanol–water partition coefficient (Wildman–Crippen LogP) is 1.88. The van der Waals surface area contributed by atoms with Gasteiger partial charge in [-0.1, -0.05) is 0 Å². The molecule has 5 heteroatoms. The summed E-state index contributed by atoms with van der Waals surface area (Å²) in [6, 6.07) is 5.86. The van der Waals surface area contributed by atoms with Crippen LogP contribution in [-0.4, -0.2) is 31.2 Å². The number of ether oxygens (including phenoxy) is 2. The first-order chi connectivity index (χ1) is 9.30. The minimum Gasteiger partial charge on any atom is -0.497 e. The van der Waals surface area contributed by atoms with Crippen molar-refractivity contribution < 1.29 is 9.47 Å². The van der Waals surface area contributed by atoms with E-state index in [1.807, 2.05) is 25.2 Å². The van der Waals surface area contributed by atoms with Crippen LogP contribution in [-0.2, 0) is 6.54 Å². The number of hydrogen-bond donors (Lipinski definition) is 1. The smallest absolute Gasteiger partial charge is 0.240 e. The van der Waals surface area contributed by atoms with E-state index in [2.05, 4.69) is 15.3 Å². The largest absolute Gasteiger partial charge is 0.497 e. The van der Waals surface area contributed by atoms with Gasteiger partial charge in [-0.2, -0.15) is 0 Å². The van der Waals surface area contributed by atoms with Gasteiger partial charge in [-0.25, -0.2) is 9.97 Å². The summed E-state index contributed by atoms with van der Waals surface area (Å²) in [5, 5.41) is 3.14. The molecule has 0 aliphatic heterocycles. The summed E-state index contributed by atoms with van der Waals surface area (Å²) in [6.45, 7) is 0.715. The maximum absolute atomic E-state index is 5.26. The molecule has 0 radical (unpaired) electrons. The molecule has 0 unspecified atom stereocenters. The van der Waals surface area contributed by atoms with E-state index in [-0.39, 0.29) is 0 Å². The molecule has 0 aliphatic rings. The molecule has 1 aromatic carbocycles. The van der Waals surface area contributed by atoms with Crippen LogP contribution in [0.4, 0.5) is 0 Å². The maximum atomic E-state index is 5.26. The molecular formula is C14H17N3O2. The Morgan fingerprint density at radius 1 is 1.11 bits per heavy atom. The SMILES string of the molecule is CNCc1cc(OC)ccc1-c1nccnc1OC. The second kappa shape index (κ2) is 6.15. The average molecular weight is 259 g/mol. The summed E-state index contributed by atoms with van der Waals surface area (Å²) in [4.78, 5) is 8.54. The normalized spacial score (nSPS) is 10.3. The van der Waals surface area contributed by atoms with Crippen LogP contribution in [0.5, 0.6) is 11.6 Å². The molecule has 5 nitrogen and oxygen atoms in total. The topological polar surface area (TPSA) is 56.3 Å². The molecule has 1 N–H and O–H groups in total. The first-order valence-corrected chi connectivity index (χ1v) is 5.97. The Morgan fingerprint density at radius 3 is 2.58 bits per heavy atom. The Balaban J connectivity index is 2.54. The summed E-state index contributed by atoms with van der Waals surface area (Å²) in [5.41, 5.74) is 2.80. The highest BCUT2D eigenvalue weighted by Gasteiger charge is 2.13. The van der Waals surface area contributed by atoms with Crippen molar-refractivity contribution >= 4 is 0 Å². The number of rotatable bonds is 5. The number of aromatic nitrogens is 2. The fourth-order valence-electron chi connectivity index (χ4n) is 1.92. The molecule has 0 spiro atoms. The van der Waals surface area contributed by atoms with Crippen molar-refractivity contribution in [1.82, 2.24) is 15.3 Å². The number of nitrogens with one attached hydrogen (secondary N) is 1. The first-order valence-electron chi connectivity index (χ1n) is 5.97. The monoisotopic (exact) mass is 259 g/mol. The molecular weight excluding hydrogens is 242 g/mol. The van der Waals surface area contributed by atoms with Gasteiger partial charge in [-0.05, 0) is 30.8 Å². The van der Waals surface area contributed by atoms with E-state index in [0.29, 0.717) is 12.4 Å². The van der Waals surface area contributed by atoms with E-state index < -0.39 is 0 Å². The van der Waals surface area contributed by atoms with Crippen LogP contribution in [0, 0.1) is 0 Å². The van der Waals surface area contributed by atoms with Crippen molar-refractivity contribution in [1.29, 1.82) is 0 Å². The van der Waals surface area contributed by atoms with E-state index in [1.165, 1.54) is 0 Å². The minimum atomic E-state index is 0.519. The van der Waals surface area contributed by atoms with Crippen LogP contribution in [0.15, 0.2) is 30.6 Å². The Kier molecular flexibility index (Phi) is 4.30. The summed E-state index contributed by atoms with van der Waals surface area (Å²) < 4.78 is 10.5. The maximum Gasteiger partial charge on any atom is 0.240 e. The third-order valence-corrected chi connectivity index (χ3v) is 2.79. The predicted molar refractivity (Wildman–Crippen MR) is 73.3 cm³/mol. The lowest BCUT2D eigenvalue weighted by molar-refractivity contribution is 0.397. The molecule has 0 fully saturated rings. The third kappa shape index (κ3) is 2.82. The van der Waals surface area contributed by atoms with E-state index in [1.54, 1.807) is 26.6 Å². The number of benzene rings is 1. The van der Waals surface area contributed by atoms with E-state index >= 15 is 0 Å². The summed E-state index contributed by atoms with van der Waals surface area (Å²) in [5.74, 6) is 1.34. The zero-order chi connectivity index (χ0) is 13.7. The van der Waals surface area contributed by atoms with Gasteiger partial charge in [0.15, 0.2) is 0 Å². The molecule has 19 heavy (non-hydrogen) atoms. The van der Waals surface area contributed by atoms with Crippen LogP contribution in [0.1, 0.15) is 5.56 Å². The fourth-order valence-corrected chi connectivity index (χ4v) is 1.92. The zero-order valence-corrected chi connectivity index (χ0v) is 11.3. The lowest BCUT2D eigenvalue weighted by Gasteiger charge is -2.12. The highest BCUT2D eigenvalue weighted by atomic mass is 16.5. The third-order valence-electron chi connectivity index (χ3n) is 2.79. The van der Waals surface area contributed by atoms with Gasteiger partial charge in [0.1, 0.15) is 11.4 Å². The quantitative estimate of drug-likeness (QED) is 0.888. The molecule has 0 amide bonds. The Labute approximate surface area is 112 Å². The molecule has 2 rings (SSSR count). The summed E-state index contributed by atoms with van der Waals surface area (Å²) in [6.07, 6.45) is 3.27. The van der Waals surface area contributed by atoms with Gasteiger partial charge in [0.25, 0.3) is 0 Å². The van der Waals surface area contributed by atoms with Crippen LogP contribution in [0.2, 0.25) is 0 Å². The highest BCUT2D eigenvalue weighted by Crippen LogP contribution is 2.30. The molecule has 1 aromatic heterocycles. The molecule has 100 valence electrons. The number of nitrogens with zero attached hydrogens (tertiary/aromatic N) is 2. The van der Waals surface area contributed by atoms with Gasteiger partial charge in [-0.15, -0.1) is 0 Å². The fraction of sp³-hybridized carbons (Fsp3) is 0.286. The lowest BCUT2D eigenvalue weighted by atomic mass is 10.0. The van der Waals surface area contributed by atoms with E-state index in [9.17, 15) is 0 Å². The number of methoxy groups -OCH3 is 2. The molecule has 0 atom stereocenters. The highest BCUT2D eigenvalue weighted by molar-refractivity contribution is 5.69. The molecule has 2 aromatic rings. The summed E-state index contributed by atoms with van der Waals surface area (Å²) >= 11 is 0. The minimum absolute atomic E-state index is 0.519. The first kappa shape index (κ1) is 13.3. The number of hydrogen-bond acceptors (Lipinski definition) is 5. The van der Waals surface area contributed by atoms with Gasteiger partial charge in [-0.3, -0.25) is 0 Å². The average Bonchev–Trinajstić information content (AvgIpc) is 2.47. The zero-order valence-electron chi connectivity index (χ0n) is 11.3. The van der Waals surface area contributed by atoms with Crippen LogP contribution in [0.3, 0.4) is 0 Å². The molecule has 0 aliphatic carbocycles. The van der Waals surface area contributed by atoms with Gasteiger partial charge < -0.3 is 14.8 Å². The Morgan fingerprint density at radius 2 is 1.89 bits per heavy atom. The van der Waals surface area contributed by atoms with Crippen molar-refractivity contribution in [3.63, 3.8) is 0 Å². The van der Waals surface area contributed by atoms with E-state index in [4.69, 9.17) is 9.47 Å². The molecule has 0 saturated heterocycles. The lowest BCUT2D eigenvalue weighted by Crippen LogP contribution is -2.07. The molecule has 0 bridgehead atoms. The van der Waals surface area contributed by atoms with Gasteiger partial charge in [0.2, 0.25) is 5.88 Å². The summed E-state index contributed by atoms with van der Waals surface area (Å²) in [7, 11) is 5.15. The van der Waals surface area contributed by atoms with Crippen molar-refractivity contribution in [2.24, 2.45) is 0 Å². The Hall–Kier alpha value is -2.14. The molecule has 0 saturated carbocycles.